The van der Waals surface area contributed by atoms with Crippen LogP contribution in [0.1, 0.15) is 5.56 Å². The summed E-state index contributed by atoms with van der Waals surface area (Å²) in [6.07, 6.45) is -1.69. The van der Waals surface area contributed by atoms with Gasteiger partial charge in [-0.25, -0.2) is 4.98 Å². The van der Waals surface area contributed by atoms with E-state index in [1.165, 1.54) is 0 Å². The zero-order chi connectivity index (χ0) is 21.0. The number of nitrogens with zero attached hydrogens (tertiary/aromatic N) is 3. The highest BCUT2D eigenvalue weighted by Gasteiger charge is 2.32. The molecule has 1 aliphatic rings. The minimum Gasteiger partial charge on any atom is -0.353 e. The van der Waals surface area contributed by atoms with Crippen molar-refractivity contribution in [2.45, 2.75) is 11.1 Å². The second-order valence-corrected chi connectivity index (χ2v) is 7.85. The van der Waals surface area contributed by atoms with Crippen molar-refractivity contribution in [1.82, 2.24) is 9.88 Å². The van der Waals surface area contributed by atoms with Crippen molar-refractivity contribution in [2.24, 2.45) is 0 Å². The summed E-state index contributed by atoms with van der Waals surface area (Å²) in [5, 5.41) is 2.84. The van der Waals surface area contributed by atoms with E-state index in [-0.39, 0.29) is 17.5 Å². The summed E-state index contributed by atoms with van der Waals surface area (Å²) in [6, 6.07) is 8.51. The number of piperazine rings is 1. The molecule has 2 aromatic rings. The lowest BCUT2D eigenvalue weighted by atomic mass is 10.2. The van der Waals surface area contributed by atoms with E-state index >= 15 is 0 Å². The lowest BCUT2D eigenvalue weighted by Crippen LogP contribution is -2.49. The summed E-state index contributed by atoms with van der Waals surface area (Å²) in [7, 11) is 0. The first kappa shape index (κ1) is 21.7. The molecule has 1 aromatic heterocycles. The SMILES string of the molecule is CSc1ccc(NC(=O)CN2CCN(c3ncc(C(F)(F)F)cc3Cl)CC2)cc1. The first-order valence-corrected chi connectivity index (χ1v) is 10.5. The molecule has 0 atom stereocenters. The van der Waals surface area contributed by atoms with Crippen LogP contribution in [0.25, 0.3) is 0 Å². The largest absolute Gasteiger partial charge is 0.417 e. The molecular weight excluding hydrogens is 425 g/mol. The van der Waals surface area contributed by atoms with Crippen LogP contribution in [-0.4, -0.2) is 54.8 Å². The normalized spacial score (nSPS) is 15.4. The number of rotatable bonds is 5. The molecule has 2 heterocycles. The van der Waals surface area contributed by atoms with E-state index < -0.39 is 11.7 Å². The molecule has 0 saturated carbocycles. The van der Waals surface area contributed by atoms with Gasteiger partial charge < -0.3 is 10.2 Å². The van der Waals surface area contributed by atoms with Gasteiger partial charge in [0.15, 0.2) is 0 Å². The van der Waals surface area contributed by atoms with Crippen LogP contribution in [0.15, 0.2) is 41.4 Å². The van der Waals surface area contributed by atoms with Crippen molar-refractivity contribution >= 4 is 40.8 Å². The summed E-state index contributed by atoms with van der Waals surface area (Å²) in [4.78, 5) is 21.1. The van der Waals surface area contributed by atoms with E-state index in [1.54, 1.807) is 11.8 Å². The maximum Gasteiger partial charge on any atom is 0.417 e. The monoisotopic (exact) mass is 444 g/mol. The molecule has 0 aliphatic carbocycles. The fourth-order valence-electron chi connectivity index (χ4n) is 3.01. The number of nitrogens with one attached hydrogen (secondary N) is 1. The molecule has 10 heteroatoms. The van der Waals surface area contributed by atoms with Crippen LogP contribution >= 0.6 is 23.4 Å². The van der Waals surface area contributed by atoms with E-state index in [2.05, 4.69) is 10.3 Å². The number of hydrogen-bond donors (Lipinski definition) is 1. The molecule has 0 unspecified atom stereocenters. The van der Waals surface area contributed by atoms with Crippen LogP contribution in [0.4, 0.5) is 24.7 Å². The van der Waals surface area contributed by atoms with E-state index in [9.17, 15) is 18.0 Å². The van der Waals surface area contributed by atoms with Crippen LogP contribution in [-0.2, 0) is 11.0 Å². The highest BCUT2D eigenvalue weighted by atomic mass is 35.5. The number of amides is 1. The Hall–Kier alpha value is -1.97. The van der Waals surface area contributed by atoms with Crippen molar-refractivity contribution in [3.63, 3.8) is 0 Å². The maximum atomic E-state index is 12.8. The fourth-order valence-corrected chi connectivity index (χ4v) is 3.71. The lowest BCUT2D eigenvalue weighted by molar-refractivity contribution is -0.137. The quantitative estimate of drug-likeness (QED) is 0.699. The number of alkyl halides is 3. The molecule has 1 amide bonds. The standard InChI is InChI=1S/C19H20ClF3N4OS/c1-29-15-4-2-14(3-5-15)25-17(28)12-26-6-8-27(9-7-26)18-16(20)10-13(11-24-18)19(21,22)23/h2-5,10-11H,6-9,12H2,1H3,(H,25,28). The number of thioether (sulfide) groups is 1. The molecule has 29 heavy (non-hydrogen) atoms. The second kappa shape index (κ2) is 9.23. The molecule has 0 radical (unpaired) electrons. The lowest BCUT2D eigenvalue weighted by Gasteiger charge is -2.35. The Bertz CT molecular complexity index is 856. The predicted octanol–water partition coefficient (Wildman–Crippen LogP) is 4.24. The van der Waals surface area contributed by atoms with Gasteiger partial charge in [-0.2, -0.15) is 13.2 Å². The smallest absolute Gasteiger partial charge is 0.353 e. The van der Waals surface area contributed by atoms with Gasteiger partial charge in [-0.3, -0.25) is 9.69 Å². The zero-order valence-corrected chi connectivity index (χ0v) is 17.2. The van der Waals surface area contributed by atoms with Gasteiger partial charge in [-0.1, -0.05) is 11.6 Å². The number of benzene rings is 1. The zero-order valence-electron chi connectivity index (χ0n) is 15.7. The third-order valence-corrected chi connectivity index (χ3v) is 5.58. The van der Waals surface area contributed by atoms with Crippen LogP contribution in [0.5, 0.6) is 0 Å². The molecule has 3 rings (SSSR count). The number of halogens is 4. The highest BCUT2D eigenvalue weighted by molar-refractivity contribution is 7.98. The summed E-state index contributed by atoms with van der Waals surface area (Å²) in [5.41, 5.74) is -0.126. The Morgan fingerprint density at radius 2 is 1.86 bits per heavy atom. The Morgan fingerprint density at radius 1 is 1.21 bits per heavy atom. The van der Waals surface area contributed by atoms with Crippen molar-refractivity contribution < 1.29 is 18.0 Å². The number of carbonyl (C=O) groups is 1. The molecule has 5 nitrogen and oxygen atoms in total. The number of pyridine rings is 1. The number of anilines is 2. The average Bonchev–Trinajstić information content (AvgIpc) is 2.68. The van der Waals surface area contributed by atoms with E-state index in [4.69, 9.17) is 11.6 Å². The van der Waals surface area contributed by atoms with Crippen molar-refractivity contribution in [3.05, 3.63) is 47.1 Å². The van der Waals surface area contributed by atoms with Gasteiger partial charge in [-0.05, 0) is 36.6 Å². The second-order valence-electron chi connectivity index (χ2n) is 6.57. The maximum absolute atomic E-state index is 12.8. The van der Waals surface area contributed by atoms with Crippen molar-refractivity contribution in [1.29, 1.82) is 0 Å². The first-order chi connectivity index (χ1) is 13.8. The van der Waals surface area contributed by atoms with E-state index in [0.29, 0.717) is 32.0 Å². The predicted molar refractivity (Wildman–Crippen MR) is 110 cm³/mol. The van der Waals surface area contributed by atoms with Crippen molar-refractivity contribution in [2.75, 3.05) is 49.2 Å². The molecule has 1 N–H and O–H groups in total. The summed E-state index contributed by atoms with van der Waals surface area (Å²) < 4.78 is 38.3. The van der Waals surface area contributed by atoms with E-state index in [1.807, 2.05) is 40.3 Å². The number of carbonyl (C=O) groups excluding carboxylic acids is 1. The number of hydrogen-bond acceptors (Lipinski definition) is 5. The Morgan fingerprint density at radius 3 is 2.41 bits per heavy atom. The van der Waals surface area contributed by atoms with Crippen LogP contribution in [0, 0.1) is 0 Å². The molecule has 0 spiro atoms. The fraction of sp³-hybridized carbons (Fsp3) is 0.368. The van der Waals surface area contributed by atoms with Gasteiger partial charge in [0.2, 0.25) is 5.91 Å². The van der Waals surface area contributed by atoms with Gasteiger partial charge >= 0.3 is 6.18 Å². The molecule has 1 aromatic carbocycles. The number of aromatic nitrogens is 1. The minimum absolute atomic E-state index is 0.0280. The van der Waals surface area contributed by atoms with Gasteiger partial charge in [0.05, 0.1) is 17.1 Å². The first-order valence-electron chi connectivity index (χ1n) is 8.90. The van der Waals surface area contributed by atoms with Gasteiger partial charge in [0.1, 0.15) is 5.82 Å². The van der Waals surface area contributed by atoms with Crippen LogP contribution in [0.2, 0.25) is 5.02 Å². The molecule has 1 aliphatic heterocycles. The highest BCUT2D eigenvalue weighted by Crippen LogP contribution is 2.33. The molecular formula is C19H20ClF3N4OS. The summed E-state index contributed by atoms with van der Waals surface area (Å²) in [6.45, 7) is 2.45. The third-order valence-electron chi connectivity index (χ3n) is 4.56. The Labute approximate surface area is 176 Å². The van der Waals surface area contributed by atoms with Gasteiger partial charge in [0.25, 0.3) is 0 Å². The Kier molecular flexibility index (Phi) is 6.92. The molecule has 1 fully saturated rings. The summed E-state index contributed by atoms with van der Waals surface area (Å²) in [5.74, 6) is 0.221. The van der Waals surface area contributed by atoms with Gasteiger partial charge in [-0.15, -0.1) is 11.8 Å². The van der Waals surface area contributed by atoms with Gasteiger partial charge in [0, 0.05) is 43.0 Å². The van der Waals surface area contributed by atoms with Crippen LogP contribution < -0.4 is 10.2 Å². The Balaban J connectivity index is 1.51. The summed E-state index contributed by atoms with van der Waals surface area (Å²) >= 11 is 7.65. The van der Waals surface area contributed by atoms with Crippen LogP contribution in [0.3, 0.4) is 0 Å². The average molecular weight is 445 g/mol. The molecule has 0 bridgehead atoms. The molecule has 156 valence electrons. The third kappa shape index (κ3) is 5.77. The topological polar surface area (TPSA) is 48.5 Å². The van der Waals surface area contributed by atoms with E-state index in [0.717, 1.165) is 22.8 Å². The minimum atomic E-state index is -4.48. The van der Waals surface area contributed by atoms with Crippen molar-refractivity contribution in [3.8, 4) is 0 Å². The molecule has 1 saturated heterocycles.